The van der Waals surface area contributed by atoms with E-state index in [0.717, 1.165) is 6.33 Å². The van der Waals surface area contributed by atoms with Gasteiger partial charge in [0.1, 0.15) is 6.33 Å². The van der Waals surface area contributed by atoms with Crippen LogP contribution in [0.5, 0.6) is 0 Å². The number of carboxylic acid groups (broad SMARTS) is 1. The molecule has 0 bridgehead atoms. The number of aliphatic carboxylic acids is 1. The SMILES string of the molecule is O=C(NNc1ncnc(N2CCC(C(=O)O)CC2)c1[N+](=O)[O-])c1ccccc1Br. The number of hydrazine groups is 1. The molecule has 2 heterocycles. The van der Waals surface area contributed by atoms with Crippen LogP contribution in [0, 0.1) is 16.0 Å². The number of amides is 1. The first-order valence-electron chi connectivity index (χ1n) is 8.66. The standard InChI is InChI=1S/C17H17BrN6O5/c18-12-4-2-1-3-11(12)16(25)22-21-14-13(24(28)29)15(20-9-19-14)23-7-5-10(6-8-23)17(26)27/h1-4,9-10H,5-8H2,(H,22,25)(H,26,27)(H,19,20,21). The lowest BCUT2D eigenvalue weighted by Gasteiger charge is -2.30. The summed E-state index contributed by atoms with van der Waals surface area (Å²) in [6, 6.07) is 6.73. The highest BCUT2D eigenvalue weighted by atomic mass is 79.9. The van der Waals surface area contributed by atoms with Crippen LogP contribution >= 0.6 is 15.9 Å². The summed E-state index contributed by atoms with van der Waals surface area (Å²) in [7, 11) is 0. The van der Waals surface area contributed by atoms with Crippen LogP contribution in [-0.4, -0.2) is 45.0 Å². The minimum absolute atomic E-state index is 0.0754. The number of carbonyl (C=O) groups excluding carboxylic acids is 1. The molecule has 1 fully saturated rings. The lowest BCUT2D eigenvalue weighted by atomic mass is 9.97. The quantitative estimate of drug-likeness (QED) is 0.431. The number of carboxylic acids is 1. The zero-order valence-corrected chi connectivity index (χ0v) is 16.6. The lowest BCUT2D eigenvalue weighted by Crippen LogP contribution is -2.37. The second kappa shape index (κ2) is 8.82. The van der Waals surface area contributed by atoms with E-state index >= 15 is 0 Å². The summed E-state index contributed by atoms with van der Waals surface area (Å²) in [5.74, 6) is -1.95. The van der Waals surface area contributed by atoms with Gasteiger partial charge in [0.25, 0.3) is 5.91 Å². The zero-order chi connectivity index (χ0) is 21.0. The smallest absolute Gasteiger partial charge is 0.355 e. The molecule has 0 spiro atoms. The van der Waals surface area contributed by atoms with Crippen LogP contribution < -0.4 is 15.8 Å². The van der Waals surface area contributed by atoms with Gasteiger partial charge in [-0.05, 0) is 40.9 Å². The fourth-order valence-electron chi connectivity index (χ4n) is 3.03. The molecule has 3 N–H and O–H groups in total. The van der Waals surface area contributed by atoms with Gasteiger partial charge in [-0.3, -0.25) is 30.6 Å². The highest BCUT2D eigenvalue weighted by molar-refractivity contribution is 9.10. The number of anilines is 2. The first-order chi connectivity index (χ1) is 13.9. The van der Waals surface area contributed by atoms with E-state index in [0.29, 0.717) is 36.0 Å². The van der Waals surface area contributed by atoms with Gasteiger partial charge in [-0.2, -0.15) is 0 Å². The third-order valence-electron chi connectivity index (χ3n) is 4.54. The van der Waals surface area contributed by atoms with Crippen molar-refractivity contribution in [2.24, 2.45) is 5.92 Å². The van der Waals surface area contributed by atoms with Crippen molar-refractivity contribution in [3.63, 3.8) is 0 Å². The average molecular weight is 465 g/mol. The number of benzene rings is 1. The van der Waals surface area contributed by atoms with Gasteiger partial charge >= 0.3 is 11.7 Å². The Morgan fingerprint density at radius 1 is 1.24 bits per heavy atom. The highest BCUT2D eigenvalue weighted by Crippen LogP contribution is 2.33. The van der Waals surface area contributed by atoms with Gasteiger partial charge < -0.3 is 10.0 Å². The first-order valence-corrected chi connectivity index (χ1v) is 9.45. The van der Waals surface area contributed by atoms with E-state index in [4.69, 9.17) is 5.11 Å². The van der Waals surface area contributed by atoms with E-state index < -0.39 is 28.4 Å². The number of nitrogens with one attached hydrogen (secondary N) is 2. The predicted molar refractivity (Wildman–Crippen MR) is 106 cm³/mol. The van der Waals surface area contributed by atoms with Crippen LogP contribution in [0.2, 0.25) is 0 Å². The number of nitro groups is 1. The summed E-state index contributed by atoms with van der Waals surface area (Å²) in [5, 5.41) is 20.8. The summed E-state index contributed by atoms with van der Waals surface area (Å²) < 4.78 is 0.568. The maximum Gasteiger partial charge on any atom is 0.355 e. The van der Waals surface area contributed by atoms with Gasteiger partial charge in [-0.25, -0.2) is 9.97 Å². The Kier molecular flexibility index (Phi) is 6.22. The maximum absolute atomic E-state index is 12.3. The molecule has 152 valence electrons. The third kappa shape index (κ3) is 4.59. The summed E-state index contributed by atoms with van der Waals surface area (Å²) in [6.07, 6.45) is 1.87. The van der Waals surface area contributed by atoms with Crippen LogP contribution in [-0.2, 0) is 4.79 Å². The van der Waals surface area contributed by atoms with E-state index in [1.165, 1.54) is 0 Å². The molecule has 2 aromatic rings. The van der Waals surface area contributed by atoms with Crippen molar-refractivity contribution in [3.8, 4) is 0 Å². The monoisotopic (exact) mass is 464 g/mol. The fraction of sp³-hybridized carbons (Fsp3) is 0.294. The van der Waals surface area contributed by atoms with Crippen LogP contribution in [0.3, 0.4) is 0 Å². The lowest BCUT2D eigenvalue weighted by molar-refractivity contribution is -0.383. The van der Waals surface area contributed by atoms with Gasteiger partial charge in [-0.1, -0.05) is 12.1 Å². The summed E-state index contributed by atoms with van der Waals surface area (Å²) in [5.41, 5.74) is 4.83. The number of aromatic nitrogens is 2. The number of nitrogens with zero attached hydrogens (tertiary/aromatic N) is 4. The highest BCUT2D eigenvalue weighted by Gasteiger charge is 2.31. The molecule has 3 rings (SSSR count). The number of rotatable bonds is 6. The molecule has 29 heavy (non-hydrogen) atoms. The van der Waals surface area contributed by atoms with E-state index in [1.807, 2.05) is 0 Å². The molecule has 1 aliphatic heterocycles. The van der Waals surface area contributed by atoms with Crippen molar-refractivity contribution in [1.82, 2.24) is 15.4 Å². The number of hydrogen-bond acceptors (Lipinski definition) is 8. The minimum Gasteiger partial charge on any atom is -0.481 e. The third-order valence-corrected chi connectivity index (χ3v) is 5.23. The molecule has 1 aromatic heterocycles. The molecule has 1 aliphatic rings. The Labute approximate surface area is 173 Å². The van der Waals surface area contributed by atoms with Crippen LogP contribution in [0.4, 0.5) is 17.3 Å². The number of hydrogen-bond donors (Lipinski definition) is 3. The number of carbonyl (C=O) groups is 2. The van der Waals surface area contributed by atoms with Gasteiger partial charge in [0, 0.05) is 17.6 Å². The molecule has 1 amide bonds. The second-order valence-corrected chi connectivity index (χ2v) is 7.16. The second-order valence-electron chi connectivity index (χ2n) is 6.31. The number of piperidine rings is 1. The van der Waals surface area contributed by atoms with E-state index in [-0.39, 0.29) is 11.6 Å². The van der Waals surface area contributed by atoms with Crippen molar-refractivity contribution >= 4 is 45.1 Å². The molecule has 0 atom stereocenters. The predicted octanol–water partition coefficient (Wildman–Crippen LogP) is 2.21. The van der Waals surface area contributed by atoms with Crippen molar-refractivity contribution in [1.29, 1.82) is 0 Å². The summed E-state index contributed by atoms with van der Waals surface area (Å²) in [6.45, 7) is 0.634. The van der Waals surface area contributed by atoms with Crippen molar-refractivity contribution in [2.75, 3.05) is 23.4 Å². The Balaban J connectivity index is 1.79. The van der Waals surface area contributed by atoms with Crippen molar-refractivity contribution in [3.05, 3.63) is 50.7 Å². The van der Waals surface area contributed by atoms with E-state index in [9.17, 15) is 19.7 Å². The Hall–Kier alpha value is -3.28. The van der Waals surface area contributed by atoms with Gasteiger partial charge in [-0.15, -0.1) is 0 Å². The van der Waals surface area contributed by atoms with Gasteiger partial charge in [0.05, 0.1) is 16.4 Å². The molecular weight excluding hydrogens is 448 g/mol. The van der Waals surface area contributed by atoms with Gasteiger partial charge in [0.2, 0.25) is 11.6 Å². The van der Waals surface area contributed by atoms with Crippen molar-refractivity contribution in [2.45, 2.75) is 12.8 Å². The largest absolute Gasteiger partial charge is 0.481 e. The molecule has 0 radical (unpaired) electrons. The zero-order valence-electron chi connectivity index (χ0n) is 15.0. The van der Waals surface area contributed by atoms with Crippen LogP contribution in [0.1, 0.15) is 23.2 Å². The summed E-state index contributed by atoms with van der Waals surface area (Å²) in [4.78, 5) is 44.0. The van der Waals surface area contributed by atoms with E-state index in [1.54, 1.807) is 29.2 Å². The normalized spacial score (nSPS) is 14.3. The molecule has 1 aromatic carbocycles. The fourth-order valence-corrected chi connectivity index (χ4v) is 3.49. The minimum atomic E-state index is -0.876. The molecule has 0 unspecified atom stereocenters. The Bertz CT molecular complexity index is 948. The molecule has 12 heteroatoms. The Morgan fingerprint density at radius 3 is 2.55 bits per heavy atom. The first kappa shape index (κ1) is 20.5. The van der Waals surface area contributed by atoms with Crippen LogP contribution in [0.25, 0.3) is 0 Å². The molecule has 0 aliphatic carbocycles. The molecule has 0 saturated carbocycles. The molecule has 1 saturated heterocycles. The van der Waals surface area contributed by atoms with Crippen molar-refractivity contribution < 1.29 is 19.6 Å². The molecular formula is C17H17BrN6O5. The van der Waals surface area contributed by atoms with Crippen LogP contribution in [0.15, 0.2) is 35.1 Å². The average Bonchev–Trinajstić information content (AvgIpc) is 2.72. The topological polar surface area (TPSA) is 151 Å². The number of halogens is 1. The Morgan fingerprint density at radius 2 is 1.93 bits per heavy atom. The summed E-state index contributed by atoms with van der Waals surface area (Å²) >= 11 is 3.27. The van der Waals surface area contributed by atoms with Gasteiger partial charge in [0.15, 0.2) is 0 Å². The maximum atomic E-state index is 12.3. The molecule has 11 nitrogen and oxygen atoms in total. The van der Waals surface area contributed by atoms with E-state index in [2.05, 4.69) is 36.7 Å².